The predicted octanol–water partition coefficient (Wildman–Crippen LogP) is 5.48. The van der Waals surface area contributed by atoms with Gasteiger partial charge in [-0.2, -0.15) is 0 Å². The summed E-state index contributed by atoms with van der Waals surface area (Å²) in [7, 11) is 0. The van der Waals surface area contributed by atoms with Gasteiger partial charge >= 0.3 is 0 Å². The highest BCUT2D eigenvalue weighted by Gasteiger charge is 2.21. The third-order valence-electron chi connectivity index (χ3n) is 3.18. The van der Waals surface area contributed by atoms with Gasteiger partial charge in [-0.3, -0.25) is 4.40 Å². The van der Waals surface area contributed by atoms with Crippen molar-refractivity contribution in [3.05, 3.63) is 52.4 Å². The summed E-state index contributed by atoms with van der Waals surface area (Å²) in [5.74, 6) is 0.926. The van der Waals surface area contributed by atoms with E-state index in [0.717, 1.165) is 21.3 Å². The molecule has 0 aliphatic carbocycles. The fourth-order valence-electron chi connectivity index (χ4n) is 2.14. The number of hydrogen-bond acceptors (Lipinski definition) is 3. The number of fused-ring (bicyclic) bond motifs is 1. The average Bonchev–Trinajstić information content (AvgIpc) is 2.86. The number of halogens is 2. The lowest BCUT2D eigenvalue weighted by Gasteiger charge is -2.16. The fraction of sp³-hybridized carbons (Fsp3) is 0.250. The minimum absolute atomic E-state index is 0.0786. The third kappa shape index (κ3) is 2.96. The maximum absolute atomic E-state index is 6.24. The molecule has 0 saturated heterocycles. The first-order valence-electron chi connectivity index (χ1n) is 6.83. The zero-order valence-electron chi connectivity index (χ0n) is 12.5. The van der Waals surface area contributed by atoms with Crippen LogP contribution in [-0.2, 0) is 5.41 Å². The summed E-state index contributed by atoms with van der Waals surface area (Å²) < 4.78 is 2.02. The van der Waals surface area contributed by atoms with Crippen LogP contribution in [0.2, 0.25) is 10.0 Å². The van der Waals surface area contributed by atoms with Crippen LogP contribution in [0.25, 0.3) is 5.65 Å². The van der Waals surface area contributed by atoms with E-state index in [1.54, 1.807) is 0 Å². The summed E-state index contributed by atoms with van der Waals surface area (Å²) in [6.45, 7) is 6.36. The third-order valence-corrected chi connectivity index (χ3v) is 5.16. The van der Waals surface area contributed by atoms with E-state index in [1.807, 2.05) is 40.9 Å². The molecule has 0 spiro atoms. The number of benzene rings is 1. The topological polar surface area (TPSA) is 30.2 Å². The fourth-order valence-corrected chi connectivity index (χ4v) is 3.63. The van der Waals surface area contributed by atoms with Crippen LogP contribution in [0.1, 0.15) is 26.6 Å². The van der Waals surface area contributed by atoms with Gasteiger partial charge in [-0.05, 0) is 24.3 Å². The second kappa shape index (κ2) is 5.76. The molecule has 2 aromatic heterocycles. The zero-order chi connectivity index (χ0) is 15.9. The lowest BCUT2D eigenvalue weighted by Crippen LogP contribution is -2.15. The van der Waals surface area contributed by atoms with Crippen molar-refractivity contribution in [3.63, 3.8) is 0 Å². The Bertz CT molecular complexity index is 817. The largest absolute Gasteiger partial charge is 0.285 e. The van der Waals surface area contributed by atoms with Gasteiger partial charge in [0.1, 0.15) is 5.82 Å². The predicted molar refractivity (Wildman–Crippen MR) is 92.3 cm³/mol. The molecule has 0 aliphatic heterocycles. The van der Waals surface area contributed by atoms with E-state index >= 15 is 0 Å². The highest BCUT2D eigenvalue weighted by molar-refractivity contribution is 7.99. The molecule has 0 unspecified atom stereocenters. The zero-order valence-corrected chi connectivity index (χ0v) is 14.8. The molecular formula is C16H15Cl2N3S. The van der Waals surface area contributed by atoms with E-state index in [2.05, 4.69) is 31.0 Å². The van der Waals surface area contributed by atoms with Gasteiger partial charge in [-0.1, -0.05) is 61.8 Å². The van der Waals surface area contributed by atoms with Crippen molar-refractivity contribution in [1.82, 2.24) is 14.6 Å². The van der Waals surface area contributed by atoms with Crippen molar-refractivity contribution >= 4 is 40.6 Å². The van der Waals surface area contributed by atoms with E-state index in [9.17, 15) is 0 Å². The summed E-state index contributed by atoms with van der Waals surface area (Å²) in [5, 5.41) is 9.82. The Morgan fingerprint density at radius 1 is 1.00 bits per heavy atom. The van der Waals surface area contributed by atoms with Crippen LogP contribution in [-0.4, -0.2) is 14.6 Å². The van der Waals surface area contributed by atoms with Crippen LogP contribution in [0.15, 0.2) is 46.3 Å². The Labute approximate surface area is 143 Å². The van der Waals surface area contributed by atoms with Gasteiger partial charge in [0.05, 0.1) is 10.0 Å². The summed E-state index contributed by atoms with van der Waals surface area (Å²) in [6.07, 6.45) is 2.03. The number of pyridine rings is 1. The molecule has 0 bridgehead atoms. The van der Waals surface area contributed by atoms with Crippen molar-refractivity contribution in [2.45, 2.75) is 36.0 Å². The van der Waals surface area contributed by atoms with Crippen molar-refractivity contribution in [2.75, 3.05) is 0 Å². The SMILES string of the molecule is CC(C)(C)c1nnc2ccc(Sc3c(Cl)cccc3Cl)cn12. The quantitative estimate of drug-likeness (QED) is 0.611. The van der Waals surface area contributed by atoms with Crippen molar-refractivity contribution in [1.29, 1.82) is 0 Å². The van der Waals surface area contributed by atoms with Crippen molar-refractivity contribution in [2.24, 2.45) is 0 Å². The van der Waals surface area contributed by atoms with E-state index in [4.69, 9.17) is 23.2 Å². The molecule has 3 rings (SSSR count). The molecule has 3 aromatic rings. The second-order valence-electron chi connectivity index (χ2n) is 6.02. The van der Waals surface area contributed by atoms with Crippen LogP contribution in [0.5, 0.6) is 0 Å². The molecule has 1 aromatic carbocycles. The minimum Gasteiger partial charge on any atom is -0.285 e. The van der Waals surface area contributed by atoms with Crippen LogP contribution in [0, 0.1) is 0 Å². The van der Waals surface area contributed by atoms with Gasteiger partial charge in [0.25, 0.3) is 0 Å². The first-order chi connectivity index (χ1) is 10.4. The first kappa shape index (κ1) is 15.7. The highest BCUT2D eigenvalue weighted by atomic mass is 35.5. The number of rotatable bonds is 2. The molecule has 0 N–H and O–H groups in total. The smallest absolute Gasteiger partial charge is 0.160 e. The first-order valence-corrected chi connectivity index (χ1v) is 8.40. The Balaban J connectivity index is 2.05. The summed E-state index contributed by atoms with van der Waals surface area (Å²) in [4.78, 5) is 1.89. The number of hydrogen-bond donors (Lipinski definition) is 0. The summed E-state index contributed by atoms with van der Waals surface area (Å²) >= 11 is 14.0. The molecule has 0 aliphatic rings. The molecule has 2 heterocycles. The Hall–Kier alpha value is -1.23. The monoisotopic (exact) mass is 351 g/mol. The summed E-state index contributed by atoms with van der Waals surface area (Å²) in [6, 6.07) is 9.48. The molecule has 0 fully saturated rings. The van der Waals surface area contributed by atoms with E-state index in [-0.39, 0.29) is 5.41 Å². The molecule has 3 nitrogen and oxygen atoms in total. The minimum atomic E-state index is -0.0786. The molecule has 114 valence electrons. The van der Waals surface area contributed by atoms with Gasteiger partial charge in [0.15, 0.2) is 5.65 Å². The Kier molecular flexibility index (Phi) is 4.10. The van der Waals surface area contributed by atoms with Gasteiger partial charge in [-0.15, -0.1) is 10.2 Å². The van der Waals surface area contributed by atoms with Gasteiger partial charge in [0, 0.05) is 21.4 Å². The second-order valence-corrected chi connectivity index (χ2v) is 7.92. The maximum atomic E-state index is 6.24. The summed E-state index contributed by atoms with van der Waals surface area (Å²) in [5.41, 5.74) is 0.754. The molecule has 6 heteroatoms. The lowest BCUT2D eigenvalue weighted by atomic mass is 9.96. The number of aromatic nitrogens is 3. The normalized spacial score (nSPS) is 12.0. The highest BCUT2D eigenvalue weighted by Crippen LogP contribution is 2.38. The van der Waals surface area contributed by atoms with Crippen LogP contribution >= 0.6 is 35.0 Å². The maximum Gasteiger partial charge on any atom is 0.160 e. The Morgan fingerprint density at radius 2 is 1.68 bits per heavy atom. The van der Waals surface area contributed by atoms with Gasteiger partial charge in [0.2, 0.25) is 0 Å². The van der Waals surface area contributed by atoms with Crippen molar-refractivity contribution < 1.29 is 0 Å². The molecule has 0 radical (unpaired) electrons. The van der Waals surface area contributed by atoms with Gasteiger partial charge < -0.3 is 0 Å². The molecule has 0 amide bonds. The van der Waals surface area contributed by atoms with Crippen LogP contribution in [0.3, 0.4) is 0 Å². The molecule has 0 atom stereocenters. The van der Waals surface area contributed by atoms with E-state index in [1.165, 1.54) is 11.8 Å². The van der Waals surface area contributed by atoms with Crippen LogP contribution in [0.4, 0.5) is 0 Å². The molecular weight excluding hydrogens is 337 g/mol. The van der Waals surface area contributed by atoms with Crippen LogP contribution < -0.4 is 0 Å². The Morgan fingerprint density at radius 3 is 2.32 bits per heavy atom. The molecule has 0 saturated carbocycles. The van der Waals surface area contributed by atoms with Crippen molar-refractivity contribution in [3.8, 4) is 0 Å². The molecule has 22 heavy (non-hydrogen) atoms. The van der Waals surface area contributed by atoms with E-state index < -0.39 is 0 Å². The van der Waals surface area contributed by atoms with Gasteiger partial charge in [-0.25, -0.2) is 0 Å². The van der Waals surface area contributed by atoms with E-state index in [0.29, 0.717) is 10.0 Å². The average molecular weight is 352 g/mol. The standard InChI is InChI=1S/C16H15Cl2N3S/c1-16(2,3)15-20-19-13-8-7-10(9-21(13)15)22-14-11(17)5-4-6-12(14)18/h4-9H,1-3H3. The lowest BCUT2D eigenvalue weighted by molar-refractivity contribution is 0.538. The number of nitrogens with zero attached hydrogens (tertiary/aromatic N) is 3.